The monoisotopic (exact) mass is 209 g/mol. The molecule has 6 nitrogen and oxygen atoms in total. The number of nitrogen functional groups attached to an aromatic ring is 1. The third-order valence-electron chi connectivity index (χ3n) is 1.61. The number of nitrogens with zero attached hydrogens (tertiary/aromatic N) is 3. The molecule has 0 radical (unpaired) electrons. The molecule has 0 aromatic carbocycles. The van der Waals surface area contributed by atoms with Gasteiger partial charge in [-0.05, 0) is 6.92 Å². The van der Waals surface area contributed by atoms with Crippen molar-refractivity contribution >= 4 is 5.95 Å². The molecular formula is C8H8FN5O. The maximum atomic E-state index is 13.1. The summed E-state index contributed by atoms with van der Waals surface area (Å²) >= 11 is 0. The van der Waals surface area contributed by atoms with Crippen molar-refractivity contribution in [1.29, 1.82) is 0 Å². The van der Waals surface area contributed by atoms with Crippen LogP contribution in [0.15, 0.2) is 12.3 Å². The molecule has 0 fully saturated rings. The third-order valence-corrected chi connectivity index (χ3v) is 1.61. The zero-order chi connectivity index (χ0) is 10.8. The lowest BCUT2D eigenvalue weighted by molar-refractivity contribution is 0.406. The number of anilines is 1. The molecule has 0 saturated heterocycles. The van der Waals surface area contributed by atoms with Gasteiger partial charge < -0.3 is 10.5 Å². The van der Waals surface area contributed by atoms with Crippen LogP contribution in [0.3, 0.4) is 0 Å². The van der Waals surface area contributed by atoms with E-state index in [0.717, 1.165) is 11.9 Å². The van der Waals surface area contributed by atoms with E-state index < -0.39 is 5.82 Å². The molecule has 0 unspecified atom stereocenters. The molecule has 78 valence electrons. The van der Waals surface area contributed by atoms with Crippen molar-refractivity contribution in [3.05, 3.63) is 23.8 Å². The minimum Gasteiger partial charge on any atom is -0.416 e. The first kappa shape index (κ1) is 9.38. The summed E-state index contributed by atoms with van der Waals surface area (Å²) in [6.45, 7) is 1.80. The average Bonchev–Trinajstić information content (AvgIpc) is 2.58. The molecule has 0 bridgehead atoms. The van der Waals surface area contributed by atoms with Gasteiger partial charge in [0.25, 0.3) is 5.88 Å². The van der Waals surface area contributed by atoms with Crippen LogP contribution in [-0.2, 0) is 0 Å². The third kappa shape index (κ3) is 2.01. The van der Waals surface area contributed by atoms with Gasteiger partial charge >= 0.3 is 0 Å². The van der Waals surface area contributed by atoms with E-state index in [9.17, 15) is 4.39 Å². The van der Waals surface area contributed by atoms with Gasteiger partial charge in [0, 0.05) is 11.8 Å². The van der Waals surface area contributed by atoms with Crippen LogP contribution >= 0.6 is 0 Å². The maximum Gasteiger partial charge on any atom is 0.262 e. The van der Waals surface area contributed by atoms with Crippen LogP contribution in [0.5, 0.6) is 11.8 Å². The van der Waals surface area contributed by atoms with Crippen molar-refractivity contribution in [2.24, 2.45) is 0 Å². The molecule has 0 spiro atoms. The zero-order valence-electron chi connectivity index (χ0n) is 7.86. The molecule has 0 saturated carbocycles. The summed E-state index contributed by atoms with van der Waals surface area (Å²) in [5, 5.41) is 6.42. The molecule has 0 aliphatic rings. The van der Waals surface area contributed by atoms with E-state index in [2.05, 4.69) is 20.2 Å². The van der Waals surface area contributed by atoms with Crippen molar-refractivity contribution in [2.45, 2.75) is 6.92 Å². The van der Waals surface area contributed by atoms with Crippen molar-refractivity contribution in [3.63, 3.8) is 0 Å². The van der Waals surface area contributed by atoms with Gasteiger partial charge in [-0.25, -0.2) is 4.98 Å². The number of aryl methyl sites for hydroxylation is 1. The molecule has 2 heterocycles. The maximum absolute atomic E-state index is 13.1. The summed E-state index contributed by atoms with van der Waals surface area (Å²) in [5.74, 6) is -0.762. The van der Waals surface area contributed by atoms with Gasteiger partial charge in [-0.3, -0.25) is 5.10 Å². The molecule has 2 aromatic rings. The molecular weight excluding hydrogens is 201 g/mol. The Kier molecular flexibility index (Phi) is 2.20. The van der Waals surface area contributed by atoms with Crippen LogP contribution in [0, 0.1) is 12.7 Å². The van der Waals surface area contributed by atoms with Gasteiger partial charge in [-0.1, -0.05) is 0 Å². The SMILES string of the molecule is Cc1cc(Oc2nc(N)ncc2F)n[nH]1. The second-order valence-corrected chi connectivity index (χ2v) is 2.87. The Labute approximate surface area is 84.3 Å². The van der Waals surface area contributed by atoms with Gasteiger partial charge in [-0.2, -0.15) is 9.37 Å². The van der Waals surface area contributed by atoms with E-state index in [1.54, 1.807) is 13.0 Å². The average molecular weight is 209 g/mol. The number of aromatic nitrogens is 4. The Morgan fingerprint density at radius 1 is 1.53 bits per heavy atom. The standard InChI is InChI=1S/C8H8FN5O/c1-4-2-6(14-13-4)15-7-5(9)3-11-8(10)12-7/h2-3H,1H3,(H,13,14)(H2,10,11,12). The summed E-state index contributed by atoms with van der Waals surface area (Å²) in [6.07, 6.45) is 0.942. The number of nitrogens with one attached hydrogen (secondary N) is 1. The Balaban J connectivity index is 2.27. The van der Waals surface area contributed by atoms with Gasteiger partial charge in [-0.15, -0.1) is 5.10 Å². The molecule has 2 rings (SSSR count). The lowest BCUT2D eigenvalue weighted by atomic mass is 10.5. The molecule has 0 amide bonds. The number of nitrogens with two attached hydrogens (primary N) is 1. The van der Waals surface area contributed by atoms with Crippen LogP contribution in [0.4, 0.5) is 10.3 Å². The van der Waals surface area contributed by atoms with Crippen LogP contribution in [0.2, 0.25) is 0 Å². The summed E-state index contributed by atoms with van der Waals surface area (Å²) in [4.78, 5) is 7.06. The van der Waals surface area contributed by atoms with Gasteiger partial charge in [0.15, 0.2) is 0 Å². The minimum atomic E-state index is -0.690. The summed E-state index contributed by atoms with van der Waals surface area (Å²) in [5.41, 5.74) is 6.09. The van der Waals surface area contributed by atoms with E-state index in [4.69, 9.17) is 10.5 Å². The molecule has 0 aliphatic carbocycles. The Hall–Kier alpha value is -2.18. The van der Waals surface area contributed by atoms with Crippen LogP contribution in [0.1, 0.15) is 5.69 Å². The predicted molar refractivity (Wildman–Crippen MR) is 49.8 cm³/mol. The highest BCUT2D eigenvalue weighted by molar-refractivity contribution is 5.26. The normalized spacial score (nSPS) is 10.3. The van der Waals surface area contributed by atoms with E-state index in [1.165, 1.54) is 0 Å². The molecule has 3 N–H and O–H groups in total. The van der Waals surface area contributed by atoms with E-state index >= 15 is 0 Å². The van der Waals surface area contributed by atoms with Crippen molar-refractivity contribution in [1.82, 2.24) is 20.2 Å². The van der Waals surface area contributed by atoms with E-state index in [-0.39, 0.29) is 17.7 Å². The first-order valence-corrected chi connectivity index (χ1v) is 4.13. The largest absolute Gasteiger partial charge is 0.416 e. The fourth-order valence-corrected chi connectivity index (χ4v) is 0.980. The molecule has 0 aliphatic heterocycles. The number of halogens is 1. The number of hydrogen-bond donors (Lipinski definition) is 2. The fourth-order valence-electron chi connectivity index (χ4n) is 0.980. The van der Waals surface area contributed by atoms with Crippen molar-refractivity contribution in [2.75, 3.05) is 5.73 Å². The van der Waals surface area contributed by atoms with Crippen LogP contribution in [0.25, 0.3) is 0 Å². The van der Waals surface area contributed by atoms with E-state index in [1.807, 2.05) is 0 Å². The van der Waals surface area contributed by atoms with E-state index in [0.29, 0.717) is 0 Å². The highest BCUT2D eigenvalue weighted by Gasteiger charge is 2.09. The molecule has 7 heteroatoms. The molecule has 2 aromatic heterocycles. The summed E-state index contributed by atoms with van der Waals surface area (Å²) < 4.78 is 18.2. The number of rotatable bonds is 2. The number of ether oxygens (including phenoxy) is 1. The minimum absolute atomic E-state index is 0.0568. The lowest BCUT2D eigenvalue weighted by Crippen LogP contribution is -1.99. The molecule has 0 atom stereocenters. The number of hydrogen-bond acceptors (Lipinski definition) is 5. The van der Waals surface area contributed by atoms with Crippen LogP contribution < -0.4 is 10.5 Å². The van der Waals surface area contributed by atoms with Crippen molar-refractivity contribution in [3.8, 4) is 11.8 Å². The van der Waals surface area contributed by atoms with Gasteiger partial charge in [0.05, 0.1) is 6.20 Å². The van der Waals surface area contributed by atoms with Crippen LogP contribution in [-0.4, -0.2) is 20.2 Å². The Bertz CT molecular complexity index is 484. The number of aromatic amines is 1. The second kappa shape index (κ2) is 3.52. The lowest BCUT2D eigenvalue weighted by Gasteiger charge is -2.01. The summed E-state index contributed by atoms with van der Waals surface area (Å²) in [7, 11) is 0. The smallest absolute Gasteiger partial charge is 0.262 e. The van der Waals surface area contributed by atoms with Gasteiger partial charge in [0.2, 0.25) is 17.6 Å². The summed E-state index contributed by atoms with van der Waals surface area (Å²) in [6, 6.07) is 1.61. The Morgan fingerprint density at radius 2 is 2.33 bits per heavy atom. The quantitative estimate of drug-likeness (QED) is 0.770. The highest BCUT2D eigenvalue weighted by Crippen LogP contribution is 2.20. The fraction of sp³-hybridized carbons (Fsp3) is 0.125. The second-order valence-electron chi connectivity index (χ2n) is 2.87. The first-order chi connectivity index (χ1) is 7.15. The molecule has 15 heavy (non-hydrogen) atoms. The first-order valence-electron chi connectivity index (χ1n) is 4.13. The highest BCUT2D eigenvalue weighted by atomic mass is 19.1. The zero-order valence-corrected chi connectivity index (χ0v) is 7.86. The predicted octanol–water partition coefficient (Wildman–Crippen LogP) is 1.02. The topological polar surface area (TPSA) is 89.7 Å². The van der Waals surface area contributed by atoms with Crippen molar-refractivity contribution < 1.29 is 9.13 Å². The number of H-pyrrole nitrogens is 1. The van der Waals surface area contributed by atoms with Gasteiger partial charge in [0.1, 0.15) is 0 Å². The Morgan fingerprint density at radius 3 is 3.00 bits per heavy atom.